The van der Waals surface area contributed by atoms with Crippen LogP contribution in [0.5, 0.6) is 5.75 Å². The quantitative estimate of drug-likeness (QED) is 0.694. The molecule has 0 aromatic heterocycles. The molecule has 0 saturated carbocycles. The van der Waals surface area contributed by atoms with Gasteiger partial charge in [-0.1, -0.05) is 12.1 Å². The zero-order chi connectivity index (χ0) is 17.0. The molecule has 5 nitrogen and oxygen atoms in total. The van der Waals surface area contributed by atoms with Crippen LogP contribution < -0.4 is 10.1 Å². The summed E-state index contributed by atoms with van der Waals surface area (Å²) in [5.74, 6) is -2.03. The first-order valence-electron chi connectivity index (χ1n) is 6.38. The Morgan fingerprint density at radius 1 is 1.00 bits per heavy atom. The molecule has 0 fully saturated rings. The highest BCUT2D eigenvalue weighted by Gasteiger charge is 2.30. The number of hydrogen-bond donors (Lipinski definition) is 3. The molecule has 2 aromatic rings. The van der Waals surface area contributed by atoms with E-state index < -0.39 is 25.8 Å². The molecule has 9 heteroatoms. The first kappa shape index (κ1) is 17.3. The number of halogens is 3. The molecule has 0 aliphatic carbocycles. The van der Waals surface area contributed by atoms with Gasteiger partial charge in [0.1, 0.15) is 11.6 Å². The van der Waals surface area contributed by atoms with Crippen molar-refractivity contribution in [2.75, 3.05) is 5.32 Å². The van der Waals surface area contributed by atoms with Gasteiger partial charge in [-0.2, -0.15) is 8.78 Å². The van der Waals surface area contributed by atoms with Crippen molar-refractivity contribution >= 4 is 13.3 Å². The number of alkyl halides is 2. The van der Waals surface area contributed by atoms with Crippen LogP contribution in [0.3, 0.4) is 0 Å². The Bertz CT molecular complexity index is 688. The molecule has 3 N–H and O–H groups in total. The molecular formula is C14H13F3NO4P. The van der Waals surface area contributed by atoms with Crippen LogP contribution in [0.1, 0.15) is 11.3 Å². The third-order valence-corrected chi connectivity index (χ3v) is 4.00. The fourth-order valence-electron chi connectivity index (χ4n) is 1.90. The maximum atomic E-state index is 12.9. The van der Waals surface area contributed by atoms with Crippen molar-refractivity contribution in [3.05, 3.63) is 59.9 Å². The average molecular weight is 347 g/mol. The van der Waals surface area contributed by atoms with Crippen molar-refractivity contribution in [3.8, 4) is 5.75 Å². The van der Waals surface area contributed by atoms with E-state index in [2.05, 4.69) is 10.1 Å². The molecule has 23 heavy (non-hydrogen) atoms. The predicted molar refractivity (Wildman–Crippen MR) is 77.9 cm³/mol. The van der Waals surface area contributed by atoms with Gasteiger partial charge in [-0.25, -0.2) is 4.39 Å². The third-order valence-electron chi connectivity index (χ3n) is 2.90. The molecule has 0 bridgehead atoms. The Kier molecular flexibility index (Phi) is 5.30. The van der Waals surface area contributed by atoms with E-state index in [4.69, 9.17) is 0 Å². The van der Waals surface area contributed by atoms with Crippen molar-refractivity contribution < 1.29 is 32.3 Å². The smallest absolute Gasteiger partial charge is 0.387 e. The van der Waals surface area contributed by atoms with Gasteiger partial charge in [-0.05, 0) is 42.0 Å². The second-order valence-corrected chi connectivity index (χ2v) is 6.28. The van der Waals surface area contributed by atoms with E-state index in [0.717, 1.165) is 12.1 Å². The zero-order valence-corrected chi connectivity index (χ0v) is 12.5. The highest BCUT2D eigenvalue weighted by Crippen LogP contribution is 2.51. The van der Waals surface area contributed by atoms with Crippen molar-refractivity contribution in [1.29, 1.82) is 0 Å². The summed E-state index contributed by atoms with van der Waals surface area (Å²) in [4.78, 5) is 19.0. The maximum absolute atomic E-state index is 12.9. The number of anilines is 1. The minimum absolute atomic E-state index is 0.130. The number of benzene rings is 2. The van der Waals surface area contributed by atoms with Crippen LogP contribution in [0, 0.1) is 5.82 Å². The van der Waals surface area contributed by atoms with Crippen molar-refractivity contribution in [3.63, 3.8) is 0 Å². The first-order valence-corrected chi connectivity index (χ1v) is 8.06. The zero-order valence-electron chi connectivity index (χ0n) is 11.6. The Morgan fingerprint density at radius 2 is 1.57 bits per heavy atom. The molecule has 124 valence electrons. The lowest BCUT2D eigenvalue weighted by molar-refractivity contribution is -0.0498. The largest absolute Gasteiger partial charge is 0.435 e. The number of hydrogen-bond acceptors (Lipinski definition) is 3. The molecule has 0 spiro atoms. The van der Waals surface area contributed by atoms with Gasteiger partial charge >= 0.3 is 14.2 Å². The Balaban J connectivity index is 2.25. The highest BCUT2D eigenvalue weighted by molar-refractivity contribution is 7.52. The summed E-state index contributed by atoms with van der Waals surface area (Å²) in [5.41, 5.74) is 0.469. The van der Waals surface area contributed by atoms with E-state index in [-0.39, 0.29) is 11.3 Å². The lowest BCUT2D eigenvalue weighted by atomic mass is 10.2. The molecule has 0 heterocycles. The average Bonchev–Trinajstić information content (AvgIpc) is 2.46. The van der Waals surface area contributed by atoms with Gasteiger partial charge in [0.05, 0.1) is 0 Å². The van der Waals surface area contributed by atoms with Crippen molar-refractivity contribution in [2.45, 2.75) is 12.4 Å². The summed E-state index contributed by atoms with van der Waals surface area (Å²) in [6, 6.07) is 9.80. The van der Waals surface area contributed by atoms with E-state index in [1.165, 1.54) is 36.4 Å². The molecule has 0 aliphatic rings. The molecule has 2 rings (SSSR count). The molecule has 1 atom stereocenters. The molecular weight excluding hydrogens is 334 g/mol. The molecule has 2 aromatic carbocycles. The van der Waals surface area contributed by atoms with E-state index in [1.54, 1.807) is 0 Å². The van der Waals surface area contributed by atoms with Gasteiger partial charge in [0.2, 0.25) is 0 Å². The van der Waals surface area contributed by atoms with E-state index in [1.807, 2.05) is 0 Å². The van der Waals surface area contributed by atoms with Crippen LogP contribution in [0.4, 0.5) is 18.9 Å². The number of ether oxygens (including phenoxy) is 1. The molecule has 0 unspecified atom stereocenters. The van der Waals surface area contributed by atoms with Crippen LogP contribution in [0.25, 0.3) is 0 Å². The van der Waals surface area contributed by atoms with Gasteiger partial charge in [-0.3, -0.25) is 4.57 Å². The number of rotatable bonds is 6. The Morgan fingerprint density at radius 3 is 2.04 bits per heavy atom. The minimum Gasteiger partial charge on any atom is -0.435 e. The van der Waals surface area contributed by atoms with E-state index in [0.29, 0.717) is 5.69 Å². The van der Waals surface area contributed by atoms with Crippen molar-refractivity contribution in [1.82, 2.24) is 0 Å². The molecule has 0 radical (unpaired) electrons. The van der Waals surface area contributed by atoms with Gasteiger partial charge in [0, 0.05) is 5.69 Å². The SMILES string of the molecule is O=P(O)(O)[C@@H](Nc1ccc(F)cc1)c1ccc(OC(F)F)cc1. The fraction of sp³-hybridized carbons (Fsp3) is 0.143. The highest BCUT2D eigenvalue weighted by atomic mass is 31.2. The second kappa shape index (κ2) is 7.04. The maximum Gasteiger partial charge on any atom is 0.387 e. The van der Waals surface area contributed by atoms with Gasteiger partial charge < -0.3 is 19.8 Å². The van der Waals surface area contributed by atoms with Gasteiger partial charge in [-0.15, -0.1) is 0 Å². The summed E-state index contributed by atoms with van der Waals surface area (Å²) in [6.07, 6.45) is 0. The van der Waals surface area contributed by atoms with Gasteiger partial charge in [0.25, 0.3) is 0 Å². The first-order chi connectivity index (χ1) is 10.8. The third kappa shape index (κ3) is 4.99. The van der Waals surface area contributed by atoms with Crippen LogP contribution in [0.2, 0.25) is 0 Å². The Hall–Kier alpha value is -2.02. The predicted octanol–water partition coefficient (Wildman–Crippen LogP) is 3.72. The summed E-state index contributed by atoms with van der Waals surface area (Å²) >= 11 is 0. The normalized spacial score (nSPS) is 13.0. The van der Waals surface area contributed by atoms with Crippen LogP contribution in [-0.2, 0) is 4.57 Å². The van der Waals surface area contributed by atoms with Gasteiger partial charge in [0.15, 0.2) is 5.78 Å². The summed E-state index contributed by atoms with van der Waals surface area (Å²) in [6.45, 7) is -2.99. The fourth-order valence-corrected chi connectivity index (χ4v) is 2.77. The second-order valence-electron chi connectivity index (χ2n) is 4.59. The lowest BCUT2D eigenvalue weighted by Crippen LogP contribution is -2.11. The Labute approximate surface area is 129 Å². The molecule has 0 aliphatic heterocycles. The topological polar surface area (TPSA) is 78.8 Å². The molecule has 0 amide bonds. The lowest BCUT2D eigenvalue weighted by Gasteiger charge is -2.21. The van der Waals surface area contributed by atoms with Crippen LogP contribution in [0.15, 0.2) is 48.5 Å². The monoisotopic (exact) mass is 347 g/mol. The molecule has 0 saturated heterocycles. The summed E-state index contributed by atoms with van der Waals surface area (Å²) in [7, 11) is -4.61. The minimum atomic E-state index is -4.61. The van der Waals surface area contributed by atoms with Crippen molar-refractivity contribution in [2.24, 2.45) is 0 Å². The van der Waals surface area contributed by atoms with Crippen LogP contribution >= 0.6 is 7.60 Å². The summed E-state index contributed by atoms with van der Waals surface area (Å²) < 4.78 is 52.9. The van der Waals surface area contributed by atoms with E-state index in [9.17, 15) is 27.5 Å². The summed E-state index contributed by atoms with van der Waals surface area (Å²) in [5, 5.41) is 2.60. The number of nitrogens with one attached hydrogen (secondary N) is 1. The van der Waals surface area contributed by atoms with Crippen LogP contribution in [-0.4, -0.2) is 16.4 Å². The van der Waals surface area contributed by atoms with E-state index >= 15 is 0 Å². The standard InChI is InChI=1S/C14H13F3NO4P/c15-10-3-5-11(6-4-10)18-13(23(19,20)21)9-1-7-12(8-2-9)22-14(16)17/h1-8,13-14,18H,(H2,19,20,21)/t13-/m1/s1.